The van der Waals surface area contributed by atoms with Crippen molar-refractivity contribution in [3.63, 3.8) is 0 Å². The smallest absolute Gasteiger partial charge is 0.397 e. The highest BCUT2D eigenvalue weighted by Gasteiger charge is 2.53. The molecule has 0 radical (unpaired) electrons. The van der Waals surface area contributed by atoms with Crippen molar-refractivity contribution in [2.24, 2.45) is 0 Å². The lowest BCUT2D eigenvalue weighted by Crippen LogP contribution is -2.65. The first kappa shape index (κ1) is 30.1. The van der Waals surface area contributed by atoms with Crippen LogP contribution in [0.2, 0.25) is 0 Å². The number of hydrogen-bond donors (Lipinski definition) is 8. The van der Waals surface area contributed by atoms with E-state index in [0.29, 0.717) is 0 Å². The summed E-state index contributed by atoms with van der Waals surface area (Å²) in [5.74, 6) is -1.92. The van der Waals surface area contributed by atoms with Gasteiger partial charge in [-0.25, -0.2) is 13.2 Å². The van der Waals surface area contributed by atoms with Crippen molar-refractivity contribution in [3.8, 4) is 0 Å². The van der Waals surface area contributed by atoms with E-state index in [4.69, 9.17) is 23.1 Å². The molecule has 9 atom stereocenters. The van der Waals surface area contributed by atoms with E-state index in [-0.39, 0.29) is 0 Å². The van der Waals surface area contributed by atoms with E-state index < -0.39 is 105 Å². The average Bonchev–Trinajstić information content (AvgIpc) is 2.65. The molecule has 2 aliphatic rings. The molecule has 2 heterocycles. The lowest BCUT2D eigenvalue weighted by atomic mass is 9.97. The third-order valence-corrected chi connectivity index (χ3v) is 6.00. The highest BCUT2D eigenvalue weighted by molar-refractivity contribution is 7.83. The molecule has 35 heavy (non-hydrogen) atoms. The molecular formula is C12H21NO19S3. The molecule has 2 rings (SSSR count). The Bertz CT molecular complexity index is 1070. The van der Waals surface area contributed by atoms with Gasteiger partial charge in [-0.3, -0.25) is 13.7 Å². The first-order valence-electron chi connectivity index (χ1n) is 9.03. The standard InChI is InChI=1S/C12H21NO19S3/c14-4-1-3(2-28-34(22,23)24)29-12(5(4)13-33(19,20)21)31-7-6(15)8(32-35(25,26)27)11(18)30-9(7)10(16)17/h3-9,11-15,18H,1-2H2,(H,16,17)(H,19,20,21)(H,22,23,24)(H,25,26,27)/t3?,4-,5?,6-,7+,8?,9?,11?,12-/m1/s1. The Morgan fingerprint density at radius 1 is 0.943 bits per heavy atom. The number of aliphatic hydroxyl groups is 3. The van der Waals surface area contributed by atoms with Crippen molar-refractivity contribution >= 4 is 37.1 Å². The number of carbonyl (C=O) groups is 1. The van der Waals surface area contributed by atoms with Crippen molar-refractivity contribution in [1.82, 2.24) is 4.72 Å². The van der Waals surface area contributed by atoms with Crippen LogP contribution in [0.15, 0.2) is 0 Å². The first-order chi connectivity index (χ1) is 15.8. The van der Waals surface area contributed by atoms with Crippen LogP contribution >= 0.6 is 0 Å². The lowest BCUT2D eigenvalue weighted by molar-refractivity contribution is -0.322. The molecule has 23 heteroatoms. The number of carboxylic acid groups (broad SMARTS) is 1. The Balaban J connectivity index is 2.38. The molecule has 206 valence electrons. The van der Waals surface area contributed by atoms with Crippen molar-refractivity contribution in [2.45, 2.75) is 61.7 Å². The number of carboxylic acids is 1. The Kier molecular flexibility index (Phi) is 9.51. The Labute approximate surface area is 197 Å². The Morgan fingerprint density at radius 2 is 1.54 bits per heavy atom. The van der Waals surface area contributed by atoms with E-state index >= 15 is 0 Å². The van der Waals surface area contributed by atoms with Crippen LogP contribution < -0.4 is 4.72 Å². The SMILES string of the molecule is O=C(O)C1OC(O)C(OS(=O)(=O)O)[C@H](O)[C@@H]1O[C@H]1OC(COS(=O)(=O)O)C[C@@H](O)C1NS(=O)(=O)O. The second-order valence-electron chi connectivity index (χ2n) is 7.13. The Hall–Kier alpha value is -1.16. The van der Waals surface area contributed by atoms with Crippen LogP contribution in [-0.4, -0.2) is 127 Å². The van der Waals surface area contributed by atoms with Crippen LogP contribution in [0, 0.1) is 0 Å². The summed E-state index contributed by atoms with van der Waals surface area (Å²) >= 11 is 0. The van der Waals surface area contributed by atoms with Crippen LogP contribution in [0.25, 0.3) is 0 Å². The minimum absolute atomic E-state index is 0.595. The molecule has 0 aliphatic carbocycles. The maximum absolute atomic E-state index is 11.5. The van der Waals surface area contributed by atoms with Gasteiger partial charge in [-0.05, 0) is 0 Å². The third kappa shape index (κ3) is 9.02. The quantitative estimate of drug-likeness (QED) is 0.112. The molecule has 2 fully saturated rings. The zero-order valence-electron chi connectivity index (χ0n) is 16.9. The molecule has 20 nitrogen and oxygen atoms in total. The molecule has 0 aromatic rings. The van der Waals surface area contributed by atoms with Crippen LogP contribution in [-0.2, 0) is 58.5 Å². The van der Waals surface area contributed by atoms with E-state index in [1.54, 1.807) is 0 Å². The fraction of sp³-hybridized carbons (Fsp3) is 0.917. The van der Waals surface area contributed by atoms with E-state index in [1.165, 1.54) is 4.72 Å². The summed E-state index contributed by atoms with van der Waals surface area (Å²) in [6, 6.07) is -1.96. The predicted molar refractivity (Wildman–Crippen MR) is 101 cm³/mol. The molecule has 8 N–H and O–H groups in total. The maximum atomic E-state index is 11.5. The summed E-state index contributed by atoms with van der Waals surface area (Å²) < 4.78 is 117. The van der Waals surface area contributed by atoms with Crippen molar-refractivity contribution in [2.75, 3.05) is 6.61 Å². The molecule has 0 bridgehead atoms. The summed E-state index contributed by atoms with van der Waals surface area (Å²) in [7, 11) is -15.5. The van der Waals surface area contributed by atoms with E-state index in [0.717, 1.165) is 0 Å². The molecule has 2 saturated heterocycles. The summed E-state index contributed by atoms with van der Waals surface area (Å²) in [5, 5.41) is 39.8. The molecule has 0 aromatic carbocycles. The summed E-state index contributed by atoms with van der Waals surface area (Å²) in [6.45, 7) is -0.979. The molecule has 0 amide bonds. The second-order valence-corrected chi connectivity index (χ2v) is 10.5. The zero-order valence-corrected chi connectivity index (χ0v) is 19.3. The second kappa shape index (κ2) is 11.1. The third-order valence-electron chi connectivity index (χ3n) is 4.53. The number of rotatable bonds is 10. The topological polar surface area (TPSA) is 319 Å². The average molecular weight is 579 g/mol. The Morgan fingerprint density at radius 3 is 2.03 bits per heavy atom. The van der Waals surface area contributed by atoms with Gasteiger partial charge in [-0.15, -0.1) is 0 Å². The molecule has 0 spiro atoms. The number of nitrogens with one attached hydrogen (secondary N) is 1. The van der Waals surface area contributed by atoms with Gasteiger partial charge in [0.2, 0.25) is 0 Å². The number of hydrogen-bond acceptors (Lipinski definition) is 15. The van der Waals surface area contributed by atoms with Crippen molar-refractivity contribution < 1.29 is 86.7 Å². The zero-order chi connectivity index (χ0) is 26.9. The van der Waals surface area contributed by atoms with Gasteiger partial charge in [0, 0.05) is 6.42 Å². The van der Waals surface area contributed by atoms with Gasteiger partial charge in [0.05, 0.1) is 18.8 Å². The van der Waals surface area contributed by atoms with Gasteiger partial charge >= 0.3 is 37.1 Å². The summed E-state index contributed by atoms with van der Waals surface area (Å²) in [4.78, 5) is 11.5. The first-order valence-corrected chi connectivity index (χ1v) is 13.2. The van der Waals surface area contributed by atoms with Gasteiger partial charge < -0.3 is 34.6 Å². The molecule has 0 aromatic heterocycles. The fourth-order valence-electron chi connectivity index (χ4n) is 3.21. The van der Waals surface area contributed by atoms with Crippen LogP contribution in [0.3, 0.4) is 0 Å². The molecule has 2 aliphatic heterocycles. The molecule has 5 unspecified atom stereocenters. The van der Waals surface area contributed by atoms with Crippen LogP contribution in [0.1, 0.15) is 6.42 Å². The van der Waals surface area contributed by atoms with Gasteiger partial charge in [0.15, 0.2) is 24.8 Å². The minimum atomic E-state index is -5.35. The van der Waals surface area contributed by atoms with E-state index in [9.17, 15) is 50.5 Å². The van der Waals surface area contributed by atoms with Crippen molar-refractivity contribution in [1.29, 1.82) is 0 Å². The number of aliphatic hydroxyl groups excluding tert-OH is 3. The highest BCUT2D eigenvalue weighted by Crippen LogP contribution is 2.30. The van der Waals surface area contributed by atoms with Crippen LogP contribution in [0.4, 0.5) is 0 Å². The number of aliphatic carboxylic acids is 1. The number of ether oxygens (including phenoxy) is 3. The lowest BCUT2D eigenvalue weighted by Gasteiger charge is -2.44. The van der Waals surface area contributed by atoms with E-state index in [2.05, 4.69) is 13.1 Å². The highest BCUT2D eigenvalue weighted by atomic mass is 32.3. The van der Waals surface area contributed by atoms with Gasteiger partial charge in [0.25, 0.3) is 0 Å². The largest absolute Gasteiger partial charge is 0.479 e. The normalized spacial score (nSPS) is 37.1. The molecule has 0 saturated carbocycles. The fourth-order valence-corrected chi connectivity index (χ4v) is 4.63. The van der Waals surface area contributed by atoms with Gasteiger partial charge in [-0.1, -0.05) is 0 Å². The van der Waals surface area contributed by atoms with Gasteiger partial charge in [0.1, 0.15) is 18.2 Å². The van der Waals surface area contributed by atoms with Crippen molar-refractivity contribution in [3.05, 3.63) is 0 Å². The monoisotopic (exact) mass is 579 g/mol. The summed E-state index contributed by atoms with van der Waals surface area (Å²) in [6.07, 6.45) is -18.0. The predicted octanol–water partition coefficient (Wildman–Crippen LogP) is -5.22. The van der Waals surface area contributed by atoms with Crippen LogP contribution in [0.5, 0.6) is 0 Å². The minimum Gasteiger partial charge on any atom is -0.479 e. The summed E-state index contributed by atoms with van der Waals surface area (Å²) in [5.41, 5.74) is 0. The van der Waals surface area contributed by atoms with E-state index in [1.807, 2.05) is 0 Å². The maximum Gasteiger partial charge on any atom is 0.397 e. The molecular weight excluding hydrogens is 558 g/mol. The van der Waals surface area contributed by atoms with Gasteiger partial charge in [-0.2, -0.15) is 30.0 Å².